The molecule has 0 spiro atoms. The van der Waals surface area contributed by atoms with Crippen LogP contribution in [0.3, 0.4) is 0 Å². The zero-order valence-electron chi connectivity index (χ0n) is 10.3. The second-order valence-corrected chi connectivity index (χ2v) is 5.29. The van der Waals surface area contributed by atoms with Gasteiger partial charge in [-0.05, 0) is 38.6 Å². The fourth-order valence-electron chi connectivity index (χ4n) is 2.87. The summed E-state index contributed by atoms with van der Waals surface area (Å²) in [6.45, 7) is 3.01. The summed E-state index contributed by atoms with van der Waals surface area (Å²) in [7, 11) is 2.20. The molecule has 1 saturated heterocycles. The summed E-state index contributed by atoms with van der Waals surface area (Å²) in [5, 5.41) is 0. The quantitative estimate of drug-likeness (QED) is 0.734. The van der Waals surface area contributed by atoms with Crippen LogP contribution in [0.15, 0.2) is 0 Å². The van der Waals surface area contributed by atoms with Gasteiger partial charge in [-0.15, -0.1) is 0 Å². The van der Waals surface area contributed by atoms with Crippen molar-refractivity contribution >= 4 is 5.78 Å². The molecule has 16 heavy (non-hydrogen) atoms. The predicted octanol–water partition coefficient (Wildman–Crippen LogP) is 1.86. The third kappa shape index (κ3) is 3.29. The highest BCUT2D eigenvalue weighted by molar-refractivity contribution is 5.79. The second kappa shape index (κ2) is 5.78. The van der Waals surface area contributed by atoms with Crippen molar-refractivity contribution in [3.8, 4) is 0 Å². The van der Waals surface area contributed by atoms with Crippen molar-refractivity contribution in [2.45, 2.75) is 44.6 Å². The maximum atomic E-state index is 11.2. The van der Waals surface area contributed by atoms with Gasteiger partial charge in [-0.25, -0.2) is 0 Å². The van der Waals surface area contributed by atoms with E-state index >= 15 is 0 Å². The molecule has 1 saturated carbocycles. The highest BCUT2D eigenvalue weighted by Crippen LogP contribution is 2.22. The number of ether oxygens (including phenoxy) is 1. The first-order valence-corrected chi connectivity index (χ1v) is 6.55. The van der Waals surface area contributed by atoms with E-state index in [1.165, 1.54) is 12.8 Å². The van der Waals surface area contributed by atoms with E-state index in [1.807, 2.05) is 0 Å². The molecule has 3 nitrogen and oxygen atoms in total. The molecule has 92 valence electrons. The normalized spacial score (nSPS) is 28.6. The van der Waals surface area contributed by atoms with E-state index in [9.17, 15) is 4.79 Å². The SMILES string of the molecule is CN(CC1CCCOC1)C1CCC(=O)CC1. The lowest BCUT2D eigenvalue weighted by atomic mass is 9.92. The van der Waals surface area contributed by atoms with Crippen molar-refractivity contribution in [1.29, 1.82) is 0 Å². The molecule has 0 bridgehead atoms. The number of rotatable bonds is 3. The average molecular weight is 225 g/mol. The number of ketones is 1. The summed E-state index contributed by atoms with van der Waals surface area (Å²) in [5.74, 6) is 1.15. The molecule has 1 atom stereocenters. The summed E-state index contributed by atoms with van der Waals surface area (Å²) in [6.07, 6.45) is 6.20. The standard InChI is InChI=1S/C13H23NO2/c1-14(9-11-3-2-8-16-10-11)12-4-6-13(15)7-5-12/h11-12H,2-10H2,1H3. The van der Waals surface area contributed by atoms with Crippen LogP contribution in [0.5, 0.6) is 0 Å². The lowest BCUT2D eigenvalue weighted by molar-refractivity contribution is -0.121. The number of hydrogen-bond acceptors (Lipinski definition) is 3. The summed E-state index contributed by atoms with van der Waals surface area (Å²) in [5.41, 5.74) is 0. The molecule has 1 heterocycles. The number of carbonyl (C=O) groups excluding carboxylic acids is 1. The van der Waals surface area contributed by atoms with Gasteiger partial charge >= 0.3 is 0 Å². The van der Waals surface area contributed by atoms with Crippen LogP contribution in [-0.2, 0) is 9.53 Å². The van der Waals surface area contributed by atoms with E-state index in [0.717, 1.165) is 45.4 Å². The lowest BCUT2D eigenvalue weighted by Gasteiger charge is -2.34. The molecule has 2 aliphatic rings. The van der Waals surface area contributed by atoms with Crippen LogP contribution < -0.4 is 0 Å². The van der Waals surface area contributed by atoms with Gasteiger partial charge in [-0.1, -0.05) is 0 Å². The van der Waals surface area contributed by atoms with Crippen molar-refractivity contribution < 1.29 is 9.53 Å². The van der Waals surface area contributed by atoms with E-state index in [4.69, 9.17) is 4.74 Å². The van der Waals surface area contributed by atoms with Crippen LogP contribution in [-0.4, -0.2) is 43.5 Å². The Labute approximate surface area is 98.1 Å². The molecule has 0 amide bonds. The molecule has 3 heteroatoms. The Morgan fingerprint density at radius 3 is 2.69 bits per heavy atom. The molecular weight excluding hydrogens is 202 g/mol. The van der Waals surface area contributed by atoms with Gasteiger partial charge in [-0.2, -0.15) is 0 Å². The van der Waals surface area contributed by atoms with Crippen LogP contribution in [0.4, 0.5) is 0 Å². The molecule has 0 radical (unpaired) electrons. The van der Waals surface area contributed by atoms with Crippen molar-refractivity contribution in [3.05, 3.63) is 0 Å². The molecular formula is C13H23NO2. The minimum Gasteiger partial charge on any atom is -0.381 e. The van der Waals surface area contributed by atoms with Crippen molar-refractivity contribution in [3.63, 3.8) is 0 Å². The number of Topliss-reactive ketones (excluding diaryl/α,β-unsaturated/α-hetero) is 1. The highest BCUT2D eigenvalue weighted by atomic mass is 16.5. The molecule has 0 aromatic heterocycles. The van der Waals surface area contributed by atoms with Gasteiger partial charge in [0, 0.05) is 32.0 Å². The maximum absolute atomic E-state index is 11.2. The molecule has 0 aromatic carbocycles. The smallest absolute Gasteiger partial charge is 0.133 e. The third-order valence-electron chi connectivity index (χ3n) is 3.94. The van der Waals surface area contributed by atoms with Gasteiger partial charge in [0.15, 0.2) is 0 Å². The largest absolute Gasteiger partial charge is 0.381 e. The first kappa shape index (κ1) is 12.1. The van der Waals surface area contributed by atoms with E-state index in [2.05, 4.69) is 11.9 Å². The molecule has 2 rings (SSSR count). The van der Waals surface area contributed by atoms with Crippen LogP contribution >= 0.6 is 0 Å². The van der Waals surface area contributed by atoms with Crippen LogP contribution in [0.1, 0.15) is 38.5 Å². The van der Waals surface area contributed by atoms with Gasteiger partial charge in [0.25, 0.3) is 0 Å². The van der Waals surface area contributed by atoms with Gasteiger partial charge in [0.05, 0.1) is 6.61 Å². The number of nitrogens with zero attached hydrogens (tertiary/aromatic N) is 1. The Hall–Kier alpha value is -0.410. The Bertz CT molecular complexity index is 226. The number of carbonyl (C=O) groups is 1. The number of hydrogen-bond donors (Lipinski definition) is 0. The molecule has 1 aliphatic carbocycles. The lowest BCUT2D eigenvalue weighted by Crippen LogP contribution is -2.40. The third-order valence-corrected chi connectivity index (χ3v) is 3.94. The van der Waals surface area contributed by atoms with Crippen LogP contribution in [0, 0.1) is 5.92 Å². The Morgan fingerprint density at radius 2 is 2.06 bits per heavy atom. The van der Waals surface area contributed by atoms with Gasteiger partial charge < -0.3 is 9.64 Å². The zero-order chi connectivity index (χ0) is 11.4. The van der Waals surface area contributed by atoms with Gasteiger partial charge in [0.1, 0.15) is 5.78 Å². The molecule has 1 aliphatic heterocycles. The van der Waals surface area contributed by atoms with E-state index in [1.54, 1.807) is 0 Å². The van der Waals surface area contributed by atoms with Crippen molar-refractivity contribution in [1.82, 2.24) is 4.90 Å². The monoisotopic (exact) mass is 225 g/mol. The Balaban J connectivity index is 1.73. The van der Waals surface area contributed by atoms with E-state index in [0.29, 0.717) is 17.7 Å². The minimum absolute atomic E-state index is 0.450. The first-order valence-electron chi connectivity index (χ1n) is 6.55. The summed E-state index contributed by atoms with van der Waals surface area (Å²) >= 11 is 0. The molecule has 0 aromatic rings. The Kier molecular flexibility index (Phi) is 4.36. The molecule has 2 fully saturated rings. The average Bonchev–Trinajstić information content (AvgIpc) is 2.31. The molecule has 1 unspecified atom stereocenters. The predicted molar refractivity (Wildman–Crippen MR) is 63.4 cm³/mol. The summed E-state index contributed by atoms with van der Waals surface area (Å²) in [6, 6.07) is 0.625. The fraction of sp³-hybridized carbons (Fsp3) is 0.923. The summed E-state index contributed by atoms with van der Waals surface area (Å²) < 4.78 is 5.51. The van der Waals surface area contributed by atoms with Crippen LogP contribution in [0.2, 0.25) is 0 Å². The summed E-state index contributed by atoms with van der Waals surface area (Å²) in [4.78, 5) is 13.6. The minimum atomic E-state index is 0.450. The van der Waals surface area contributed by atoms with Crippen LogP contribution in [0.25, 0.3) is 0 Å². The van der Waals surface area contributed by atoms with Crippen molar-refractivity contribution in [2.75, 3.05) is 26.8 Å². The first-order chi connectivity index (χ1) is 7.75. The van der Waals surface area contributed by atoms with Gasteiger partial charge in [-0.3, -0.25) is 4.79 Å². The Morgan fingerprint density at radius 1 is 1.31 bits per heavy atom. The topological polar surface area (TPSA) is 29.5 Å². The fourth-order valence-corrected chi connectivity index (χ4v) is 2.87. The zero-order valence-corrected chi connectivity index (χ0v) is 10.3. The maximum Gasteiger partial charge on any atom is 0.133 e. The van der Waals surface area contributed by atoms with E-state index in [-0.39, 0.29) is 0 Å². The highest BCUT2D eigenvalue weighted by Gasteiger charge is 2.24. The van der Waals surface area contributed by atoms with Gasteiger partial charge in [0.2, 0.25) is 0 Å². The van der Waals surface area contributed by atoms with E-state index < -0.39 is 0 Å². The second-order valence-electron chi connectivity index (χ2n) is 5.29. The van der Waals surface area contributed by atoms with Crippen molar-refractivity contribution in [2.24, 2.45) is 5.92 Å². The molecule has 0 N–H and O–H groups in total.